The van der Waals surface area contributed by atoms with Crippen LogP contribution in [0.2, 0.25) is 0 Å². The molecule has 1 aliphatic carbocycles. The summed E-state index contributed by atoms with van der Waals surface area (Å²) in [7, 11) is 0. The van der Waals surface area contributed by atoms with Crippen LogP contribution in [0.25, 0.3) is 0 Å². The molecule has 7 heteroatoms. The van der Waals surface area contributed by atoms with E-state index < -0.39 is 17.2 Å². The molecule has 0 spiro atoms. The van der Waals surface area contributed by atoms with E-state index >= 15 is 0 Å². The van der Waals surface area contributed by atoms with Gasteiger partial charge in [-0.25, -0.2) is 8.78 Å². The zero-order valence-electron chi connectivity index (χ0n) is 11.1. The molecular formula is C13H18F2IN3O. The summed E-state index contributed by atoms with van der Waals surface area (Å²) in [5, 5.41) is 13.2. The summed E-state index contributed by atoms with van der Waals surface area (Å²) in [4.78, 5) is 3.99. The lowest BCUT2D eigenvalue weighted by atomic mass is 9.95. The highest BCUT2D eigenvalue weighted by Gasteiger charge is 2.27. The van der Waals surface area contributed by atoms with Gasteiger partial charge in [0.15, 0.2) is 5.96 Å². The monoisotopic (exact) mass is 397 g/mol. The van der Waals surface area contributed by atoms with Crippen LogP contribution in [0.1, 0.15) is 25.3 Å². The lowest BCUT2D eigenvalue weighted by molar-refractivity contribution is 0.0633. The summed E-state index contributed by atoms with van der Waals surface area (Å²) in [6, 6.07) is 3.41. The maximum Gasteiger partial charge on any atom is 0.188 e. The van der Waals surface area contributed by atoms with Gasteiger partial charge in [0.1, 0.15) is 17.2 Å². The van der Waals surface area contributed by atoms with Crippen LogP contribution in [0, 0.1) is 11.6 Å². The minimum absolute atomic E-state index is 0. The minimum Gasteiger partial charge on any atom is -0.383 e. The van der Waals surface area contributed by atoms with Gasteiger partial charge in [-0.3, -0.25) is 4.99 Å². The second-order valence-corrected chi connectivity index (χ2v) is 5.02. The molecule has 1 saturated carbocycles. The van der Waals surface area contributed by atoms with E-state index in [-0.39, 0.29) is 42.0 Å². The first-order valence-corrected chi connectivity index (χ1v) is 6.13. The summed E-state index contributed by atoms with van der Waals surface area (Å²) < 4.78 is 26.4. The number of nitrogens with one attached hydrogen (secondary N) is 1. The number of nitrogens with two attached hydrogens (primary N) is 1. The molecule has 1 atom stereocenters. The van der Waals surface area contributed by atoms with Crippen molar-refractivity contribution in [1.82, 2.24) is 5.32 Å². The maximum atomic E-state index is 13.6. The molecular weight excluding hydrogens is 379 g/mol. The smallest absolute Gasteiger partial charge is 0.188 e. The Balaban J connectivity index is 0.00000200. The molecule has 1 aromatic rings. The summed E-state index contributed by atoms with van der Waals surface area (Å²) in [5.41, 5.74) is 4.10. The van der Waals surface area contributed by atoms with Gasteiger partial charge in [0.25, 0.3) is 0 Å². The van der Waals surface area contributed by atoms with Crippen LogP contribution in [0.4, 0.5) is 8.78 Å². The van der Waals surface area contributed by atoms with Gasteiger partial charge in [-0.05, 0) is 25.8 Å². The fourth-order valence-corrected chi connectivity index (χ4v) is 1.73. The molecule has 20 heavy (non-hydrogen) atoms. The number of benzene rings is 1. The van der Waals surface area contributed by atoms with Gasteiger partial charge in [-0.2, -0.15) is 0 Å². The zero-order valence-corrected chi connectivity index (χ0v) is 13.4. The number of aliphatic imine (C=N–C) groups is 1. The van der Waals surface area contributed by atoms with Crippen molar-refractivity contribution >= 4 is 29.9 Å². The van der Waals surface area contributed by atoms with Crippen LogP contribution in [0.15, 0.2) is 23.2 Å². The predicted octanol–water partition coefficient (Wildman–Crippen LogP) is 1.86. The predicted molar refractivity (Wildman–Crippen MR) is 84.0 cm³/mol. The molecule has 4 nitrogen and oxygen atoms in total. The highest BCUT2D eigenvalue weighted by Crippen LogP contribution is 2.24. The van der Waals surface area contributed by atoms with Gasteiger partial charge in [0, 0.05) is 17.7 Å². The Morgan fingerprint density at radius 3 is 2.70 bits per heavy atom. The van der Waals surface area contributed by atoms with E-state index in [9.17, 15) is 13.9 Å². The Labute approximate surface area is 133 Å². The molecule has 1 fully saturated rings. The Morgan fingerprint density at radius 1 is 1.50 bits per heavy atom. The lowest BCUT2D eigenvalue weighted by Crippen LogP contribution is -2.36. The van der Waals surface area contributed by atoms with Gasteiger partial charge in [-0.1, -0.05) is 6.07 Å². The van der Waals surface area contributed by atoms with Crippen LogP contribution in [-0.2, 0) is 5.60 Å². The largest absolute Gasteiger partial charge is 0.383 e. The van der Waals surface area contributed by atoms with Gasteiger partial charge >= 0.3 is 0 Å². The second-order valence-electron chi connectivity index (χ2n) is 5.02. The molecule has 0 amide bonds. The van der Waals surface area contributed by atoms with Crippen molar-refractivity contribution in [2.75, 3.05) is 6.54 Å². The molecule has 4 N–H and O–H groups in total. The van der Waals surface area contributed by atoms with Gasteiger partial charge in [-0.15, -0.1) is 24.0 Å². The van der Waals surface area contributed by atoms with Crippen molar-refractivity contribution in [3.8, 4) is 0 Å². The summed E-state index contributed by atoms with van der Waals surface area (Å²) >= 11 is 0. The van der Waals surface area contributed by atoms with Crippen molar-refractivity contribution < 1.29 is 13.9 Å². The van der Waals surface area contributed by atoms with E-state index in [0.29, 0.717) is 6.04 Å². The Kier molecular flexibility index (Phi) is 5.69. The first kappa shape index (κ1) is 17.1. The zero-order chi connectivity index (χ0) is 14.0. The third kappa shape index (κ3) is 4.55. The van der Waals surface area contributed by atoms with E-state index in [1.54, 1.807) is 0 Å². The Morgan fingerprint density at radius 2 is 2.15 bits per heavy atom. The average Bonchev–Trinajstić information content (AvgIpc) is 3.10. The minimum atomic E-state index is -1.53. The number of rotatable bonds is 4. The third-order valence-electron chi connectivity index (χ3n) is 3.00. The first-order valence-electron chi connectivity index (χ1n) is 6.13. The van der Waals surface area contributed by atoms with E-state index in [1.165, 1.54) is 13.0 Å². The highest BCUT2D eigenvalue weighted by molar-refractivity contribution is 14.0. The third-order valence-corrected chi connectivity index (χ3v) is 3.00. The van der Waals surface area contributed by atoms with Gasteiger partial charge in [0.2, 0.25) is 0 Å². The summed E-state index contributed by atoms with van der Waals surface area (Å²) in [6.45, 7) is 1.32. The Bertz CT molecular complexity index is 504. The highest BCUT2D eigenvalue weighted by atomic mass is 127. The topological polar surface area (TPSA) is 70.6 Å². The molecule has 2 rings (SSSR count). The fourth-order valence-electron chi connectivity index (χ4n) is 1.73. The first-order chi connectivity index (χ1) is 8.88. The van der Waals surface area contributed by atoms with Crippen molar-refractivity contribution in [1.29, 1.82) is 0 Å². The molecule has 0 saturated heterocycles. The van der Waals surface area contributed by atoms with Crippen LogP contribution < -0.4 is 11.1 Å². The van der Waals surface area contributed by atoms with Crippen molar-refractivity contribution in [3.05, 3.63) is 35.4 Å². The van der Waals surface area contributed by atoms with E-state index in [1.807, 2.05) is 0 Å². The second kappa shape index (κ2) is 6.66. The SMILES string of the molecule is CC(O)(CN=C(N)NC1CC1)c1ccc(F)cc1F.I. The fraction of sp³-hybridized carbons (Fsp3) is 0.462. The van der Waals surface area contributed by atoms with Gasteiger partial charge in [0.05, 0.1) is 6.54 Å². The number of hydrogen-bond acceptors (Lipinski definition) is 2. The van der Waals surface area contributed by atoms with Crippen LogP contribution in [0.3, 0.4) is 0 Å². The van der Waals surface area contributed by atoms with Crippen molar-refractivity contribution in [3.63, 3.8) is 0 Å². The number of guanidine groups is 1. The normalized spacial score (nSPS) is 18.1. The Hall–Kier alpha value is -0.960. The van der Waals surface area contributed by atoms with E-state index in [0.717, 1.165) is 25.0 Å². The average molecular weight is 397 g/mol. The van der Waals surface area contributed by atoms with Crippen LogP contribution >= 0.6 is 24.0 Å². The number of aliphatic hydroxyl groups is 1. The maximum absolute atomic E-state index is 13.6. The number of nitrogens with zero attached hydrogens (tertiary/aromatic N) is 1. The molecule has 0 heterocycles. The standard InChI is InChI=1S/C13H17F2N3O.HI/c1-13(19,7-17-12(16)18-9-3-4-9)10-5-2-8(14)6-11(10)15;/h2,5-6,9,19H,3-4,7H2,1H3,(H3,16,17,18);1H. The quantitative estimate of drug-likeness (QED) is 0.413. The van der Waals surface area contributed by atoms with E-state index in [2.05, 4.69) is 10.3 Å². The summed E-state index contributed by atoms with van der Waals surface area (Å²) in [6.07, 6.45) is 2.11. The molecule has 0 aliphatic heterocycles. The van der Waals surface area contributed by atoms with Crippen molar-refractivity contribution in [2.24, 2.45) is 10.7 Å². The van der Waals surface area contributed by atoms with E-state index in [4.69, 9.17) is 5.73 Å². The molecule has 112 valence electrons. The van der Waals surface area contributed by atoms with Gasteiger partial charge < -0.3 is 16.2 Å². The van der Waals surface area contributed by atoms with Crippen LogP contribution in [0.5, 0.6) is 0 Å². The number of hydrogen-bond donors (Lipinski definition) is 3. The lowest BCUT2D eigenvalue weighted by Gasteiger charge is -2.22. The summed E-state index contributed by atoms with van der Waals surface area (Å²) in [5.74, 6) is -1.25. The molecule has 1 aromatic carbocycles. The molecule has 0 radical (unpaired) electrons. The molecule has 0 bridgehead atoms. The molecule has 1 unspecified atom stereocenters. The molecule has 1 aliphatic rings. The van der Waals surface area contributed by atoms with Crippen LogP contribution in [-0.4, -0.2) is 23.7 Å². The number of halogens is 3. The van der Waals surface area contributed by atoms with Crippen molar-refractivity contribution in [2.45, 2.75) is 31.4 Å². The molecule has 0 aromatic heterocycles.